The van der Waals surface area contributed by atoms with Crippen molar-refractivity contribution in [1.82, 2.24) is 0 Å². The molecule has 0 radical (unpaired) electrons. The number of hydrogen-bond acceptors (Lipinski definition) is 1. The lowest BCUT2D eigenvalue weighted by Crippen LogP contribution is -2.11. The van der Waals surface area contributed by atoms with Crippen LogP contribution < -0.4 is 0 Å². The van der Waals surface area contributed by atoms with E-state index in [-0.39, 0.29) is 4.75 Å². The quantitative estimate of drug-likeness (QED) is 0.629. The van der Waals surface area contributed by atoms with E-state index in [1.54, 1.807) is 0 Å². The summed E-state index contributed by atoms with van der Waals surface area (Å²) >= 11 is 4.58. The van der Waals surface area contributed by atoms with Crippen LogP contribution in [0.3, 0.4) is 0 Å². The Morgan fingerprint density at radius 2 is 1.50 bits per heavy atom. The Morgan fingerprint density at radius 3 is 1.75 bits per heavy atom. The molecule has 0 saturated carbocycles. The molecule has 0 heterocycles. The predicted molar refractivity (Wildman–Crippen MR) is 57.9 cm³/mol. The SMILES string of the molecule is Cc1cccc(C)c1C(C)(C)S. The van der Waals surface area contributed by atoms with Gasteiger partial charge in [-0.3, -0.25) is 0 Å². The zero-order chi connectivity index (χ0) is 9.35. The minimum absolute atomic E-state index is 0.0323. The van der Waals surface area contributed by atoms with E-state index in [4.69, 9.17) is 0 Å². The molecule has 0 atom stereocenters. The van der Waals surface area contributed by atoms with E-state index in [0.29, 0.717) is 0 Å². The zero-order valence-corrected chi connectivity index (χ0v) is 9.07. The molecule has 0 fully saturated rings. The maximum Gasteiger partial charge on any atom is 0.0327 e. The largest absolute Gasteiger partial charge is 0.168 e. The van der Waals surface area contributed by atoms with Gasteiger partial charge in [-0.25, -0.2) is 0 Å². The van der Waals surface area contributed by atoms with E-state index in [1.807, 2.05) is 0 Å². The molecule has 0 spiro atoms. The van der Waals surface area contributed by atoms with E-state index in [2.05, 4.69) is 58.5 Å². The van der Waals surface area contributed by atoms with Crippen molar-refractivity contribution >= 4 is 12.6 Å². The van der Waals surface area contributed by atoms with Crippen molar-refractivity contribution in [2.45, 2.75) is 32.4 Å². The third-order valence-corrected chi connectivity index (χ3v) is 2.32. The highest BCUT2D eigenvalue weighted by molar-refractivity contribution is 7.81. The standard InChI is InChI=1S/C11H16S/c1-8-6-5-7-9(2)10(8)11(3,4)12/h5-7,12H,1-4H3. The number of hydrogen-bond donors (Lipinski definition) is 1. The maximum absolute atomic E-state index is 4.58. The van der Waals surface area contributed by atoms with Gasteiger partial charge in [-0.2, -0.15) is 12.6 Å². The van der Waals surface area contributed by atoms with Gasteiger partial charge >= 0.3 is 0 Å². The van der Waals surface area contributed by atoms with Crippen molar-refractivity contribution in [3.05, 3.63) is 34.9 Å². The molecule has 0 N–H and O–H groups in total. The van der Waals surface area contributed by atoms with Crippen LogP contribution >= 0.6 is 12.6 Å². The summed E-state index contributed by atoms with van der Waals surface area (Å²) in [6.07, 6.45) is 0. The average Bonchev–Trinajstić information content (AvgIpc) is 1.82. The molecule has 0 aliphatic rings. The highest BCUT2D eigenvalue weighted by Crippen LogP contribution is 2.32. The summed E-state index contributed by atoms with van der Waals surface area (Å²) in [4.78, 5) is 0. The van der Waals surface area contributed by atoms with Gasteiger partial charge in [-0.05, 0) is 44.4 Å². The van der Waals surface area contributed by atoms with Crippen molar-refractivity contribution in [2.75, 3.05) is 0 Å². The summed E-state index contributed by atoms with van der Waals surface area (Å²) in [7, 11) is 0. The first-order valence-corrected chi connectivity index (χ1v) is 4.66. The first kappa shape index (κ1) is 9.66. The van der Waals surface area contributed by atoms with Gasteiger partial charge in [-0.1, -0.05) is 18.2 Å². The van der Waals surface area contributed by atoms with Gasteiger partial charge in [0.25, 0.3) is 0 Å². The second-order valence-corrected chi connectivity index (χ2v) is 4.94. The van der Waals surface area contributed by atoms with Crippen LogP contribution in [0.15, 0.2) is 18.2 Å². The monoisotopic (exact) mass is 180 g/mol. The first-order valence-electron chi connectivity index (χ1n) is 4.22. The fraction of sp³-hybridized carbons (Fsp3) is 0.455. The van der Waals surface area contributed by atoms with Crippen LogP contribution in [0, 0.1) is 13.8 Å². The lowest BCUT2D eigenvalue weighted by molar-refractivity contribution is 0.775. The second-order valence-electron chi connectivity index (χ2n) is 3.83. The van der Waals surface area contributed by atoms with Crippen molar-refractivity contribution in [2.24, 2.45) is 0 Å². The molecule has 1 rings (SSSR count). The minimum atomic E-state index is -0.0323. The number of benzene rings is 1. The number of aryl methyl sites for hydroxylation is 2. The topological polar surface area (TPSA) is 0 Å². The highest BCUT2D eigenvalue weighted by Gasteiger charge is 2.18. The number of rotatable bonds is 1. The van der Waals surface area contributed by atoms with Gasteiger partial charge in [-0.15, -0.1) is 0 Å². The van der Waals surface area contributed by atoms with Crippen molar-refractivity contribution in [3.63, 3.8) is 0 Å². The molecule has 0 nitrogen and oxygen atoms in total. The lowest BCUT2D eigenvalue weighted by atomic mass is 9.93. The minimum Gasteiger partial charge on any atom is -0.168 e. The summed E-state index contributed by atoms with van der Waals surface area (Å²) in [5.74, 6) is 0. The molecule has 0 aromatic heterocycles. The fourth-order valence-electron chi connectivity index (χ4n) is 1.78. The van der Waals surface area contributed by atoms with Crippen LogP contribution in [0.5, 0.6) is 0 Å². The van der Waals surface area contributed by atoms with E-state index in [9.17, 15) is 0 Å². The molecule has 1 aromatic carbocycles. The third-order valence-electron chi connectivity index (χ3n) is 2.09. The van der Waals surface area contributed by atoms with Crippen LogP contribution in [0.2, 0.25) is 0 Å². The van der Waals surface area contributed by atoms with Crippen LogP contribution in [-0.4, -0.2) is 0 Å². The molecule has 0 aliphatic carbocycles. The highest BCUT2D eigenvalue weighted by atomic mass is 32.1. The summed E-state index contributed by atoms with van der Waals surface area (Å²) in [6, 6.07) is 6.37. The molecule has 0 saturated heterocycles. The van der Waals surface area contributed by atoms with Crippen LogP contribution in [0.4, 0.5) is 0 Å². The molecule has 66 valence electrons. The third kappa shape index (κ3) is 1.84. The Kier molecular flexibility index (Phi) is 2.52. The van der Waals surface area contributed by atoms with Crippen LogP contribution in [0.25, 0.3) is 0 Å². The van der Waals surface area contributed by atoms with Crippen LogP contribution in [0.1, 0.15) is 30.5 Å². The zero-order valence-electron chi connectivity index (χ0n) is 8.18. The van der Waals surface area contributed by atoms with Gasteiger partial charge in [0.05, 0.1) is 0 Å². The Morgan fingerprint density at radius 1 is 1.08 bits per heavy atom. The Hall–Kier alpha value is -0.430. The molecule has 1 heteroatoms. The van der Waals surface area contributed by atoms with Gasteiger partial charge in [0.15, 0.2) is 0 Å². The molecule has 0 unspecified atom stereocenters. The van der Waals surface area contributed by atoms with Gasteiger partial charge in [0.2, 0.25) is 0 Å². The Bertz CT molecular complexity index is 261. The van der Waals surface area contributed by atoms with E-state index < -0.39 is 0 Å². The van der Waals surface area contributed by atoms with Crippen molar-refractivity contribution in [3.8, 4) is 0 Å². The first-order chi connectivity index (χ1) is 5.43. The molecule has 0 aliphatic heterocycles. The van der Waals surface area contributed by atoms with Gasteiger partial charge < -0.3 is 0 Å². The average molecular weight is 180 g/mol. The number of thiol groups is 1. The van der Waals surface area contributed by atoms with Crippen molar-refractivity contribution < 1.29 is 0 Å². The van der Waals surface area contributed by atoms with Gasteiger partial charge in [0, 0.05) is 4.75 Å². The molecular formula is C11H16S. The fourth-order valence-corrected chi connectivity index (χ4v) is 2.13. The summed E-state index contributed by atoms with van der Waals surface area (Å²) < 4.78 is -0.0323. The normalized spacial score (nSPS) is 11.8. The van der Waals surface area contributed by atoms with Gasteiger partial charge in [0.1, 0.15) is 0 Å². The van der Waals surface area contributed by atoms with E-state index in [0.717, 1.165) is 0 Å². The van der Waals surface area contributed by atoms with Crippen molar-refractivity contribution in [1.29, 1.82) is 0 Å². The Balaban J connectivity index is 3.31. The summed E-state index contributed by atoms with van der Waals surface area (Å²) in [5.41, 5.74) is 4.01. The molecule has 12 heavy (non-hydrogen) atoms. The second kappa shape index (κ2) is 3.14. The molecular weight excluding hydrogens is 164 g/mol. The lowest BCUT2D eigenvalue weighted by Gasteiger charge is -2.22. The maximum atomic E-state index is 4.58. The molecule has 1 aromatic rings. The van der Waals surface area contributed by atoms with E-state index >= 15 is 0 Å². The molecule has 0 bridgehead atoms. The van der Waals surface area contributed by atoms with E-state index in [1.165, 1.54) is 16.7 Å². The summed E-state index contributed by atoms with van der Waals surface area (Å²) in [5, 5.41) is 0. The smallest absolute Gasteiger partial charge is 0.0327 e. The predicted octanol–water partition coefficient (Wildman–Crippen LogP) is 3.47. The molecule has 0 amide bonds. The Labute approximate surface area is 80.4 Å². The van der Waals surface area contributed by atoms with Crippen LogP contribution in [-0.2, 0) is 4.75 Å². The summed E-state index contributed by atoms with van der Waals surface area (Å²) in [6.45, 7) is 8.54.